The molecule has 0 radical (unpaired) electrons. The SMILES string of the molecule is CCCCCOc1ccc2cc(C(=O)NCc3ccccc3-c3ccc(CN(C)C)cc3)[nH]c2c1. The van der Waals surface area contributed by atoms with E-state index in [1.165, 1.54) is 18.4 Å². The van der Waals surface area contributed by atoms with Crippen LogP contribution in [-0.4, -0.2) is 36.5 Å². The number of hydrogen-bond acceptors (Lipinski definition) is 3. The van der Waals surface area contributed by atoms with Crippen LogP contribution in [0.3, 0.4) is 0 Å². The Morgan fingerprint density at radius 1 is 0.971 bits per heavy atom. The van der Waals surface area contributed by atoms with Crippen LogP contribution in [0.5, 0.6) is 5.75 Å². The molecule has 0 saturated heterocycles. The zero-order valence-corrected chi connectivity index (χ0v) is 20.9. The minimum atomic E-state index is -0.122. The van der Waals surface area contributed by atoms with Crippen LogP contribution < -0.4 is 10.1 Å². The fourth-order valence-corrected chi connectivity index (χ4v) is 4.24. The standard InChI is InChI=1S/C30H35N3O2/c1-4-5-8-17-35-26-16-15-24-18-29(32-28(24)19-26)30(34)31-20-25-9-6-7-10-27(25)23-13-11-22(12-14-23)21-33(2)3/h6-7,9-16,18-19,32H,4-5,8,17,20-21H2,1-3H3,(H,31,34). The van der Waals surface area contributed by atoms with E-state index < -0.39 is 0 Å². The summed E-state index contributed by atoms with van der Waals surface area (Å²) in [5, 5.41) is 4.07. The minimum Gasteiger partial charge on any atom is -0.494 e. The zero-order valence-electron chi connectivity index (χ0n) is 20.9. The number of aromatic amines is 1. The second-order valence-corrected chi connectivity index (χ2v) is 9.26. The second kappa shape index (κ2) is 11.7. The molecular formula is C30H35N3O2. The Hall–Kier alpha value is -3.57. The average molecular weight is 470 g/mol. The molecule has 35 heavy (non-hydrogen) atoms. The lowest BCUT2D eigenvalue weighted by Crippen LogP contribution is -2.23. The van der Waals surface area contributed by atoms with Crippen molar-refractivity contribution < 1.29 is 9.53 Å². The second-order valence-electron chi connectivity index (χ2n) is 9.26. The average Bonchev–Trinajstić information content (AvgIpc) is 3.29. The molecule has 1 heterocycles. The van der Waals surface area contributed by atoms with Gasteiger partial charge in [0, 0.05) is 30.1 Å². The first kappa shape index (κ1) is 24.6. The van der Waals surface area contributed by atoms with Gasteiger partial charge in [-0.3, -0.25) is 4.79 Å². The number of H-pyrrole nitrogens is 1. The van der Waals surface area contributed by atoms with Crippen molar-refractivity contribution in [3.05, 3.63) is 89.6 Å². The first-order valence-electron chi connectivity index (χ1n) is 12.4. The quantitative estimate of drug-likeness (QED) is 0.250. The summed E-state index contributed by atoms with van der Waals surface area (Å²) in [5.74, 6) is 0.704. The van der Waals surface area contributed by atoms with Crippen molar-refractivity contribution in [3.8, 4) is 16.9 Å². The van der Waals surface area contributed by atoms with Crippen molar-refractivity contribution in [3.63, 3.8) is 0 Å². The van der Waals surface area contributed by atoms with Gasteiger partial charge in [0.1, 0.15) is 11.4 Å². The number of fused-ring (bicyclic) bond motifs is 1. The van der Waals surface area contributed by atoms with Crippen LogP contribution in [0.15, 0.2) is 72.8 Å². The lowest BCUT2D eigenvalue weighted by molar-refractivity contribution is 0.0947. The van der Waals surface area contributed by atoms with E-state index in [-0.39, 0.29) is 5.91 Å². The van der Waals surface area contributed by atoms with E-state index in [1.54, 1.807) is 0 Å². The van der Waals surface area contributed by atoms with Gasteiger partial charge in [-0.05, 0) is 61.0 Å². The number of carbonyl (C=O) groups excluding carboxylic acids is 1. The largest absolute Gasteiger partial charge is 0.494 e. The van der Waals surface area contributed by atoms with Crippen LogP contribution in [0.1, 0.15) is 47.8 Å². The summed E-state index contributed by atoms with van der Waals surface area (Å²) in [6.45, 7) is 4.26. The highest BCUT2D eigenvalue weighted by atomic mass is 16.5. The predicted octanol–water partition coefficient (Wildman–Crippen LogP) is 6.40. The number of ether oxygens (including phenoxy) is 1. The molecule has 182 valence electrons. The third kappa shape index (κ3) is 6.52. The Balaban J connectivity index is 1.42. The number of hydrogen-bond donors (Lipinski definition) is 2. The molecule has 0 aliphatic rings. The molecule has 0 aliphatic carbocycles. The monoisotopic (exact) mass is 469 g/mol. The van der Waals surface area contributed by atoms with E-state index in [1.807, 2.05) is 36.4 Å². The fraction of sp³-hybridized carbons (Fsp3) is 0.300. The third-order valence-corrected chi connectivity index (χ3v) is 6.08. The van der Waals surface area contributed by atoms with Crippen LogP contribution >= 0.6 is 0 Å². The molecule has 4 rings (SSSR count). The molecule has 1 aromatic heterocycles. The third-order valence-electron chi connectivity index (χ3n) is 6.08. The molecule has 1 amide bonds. The Labute approximate surface area is 208 Å². The molecule has 0 spiro atoms. The van der Waals surface area contributed by atoms with Gasteiger partial charge in [0.25, 0.3) is 5.91 Å². The maximum atomic E-state index is 12.9. The van der Waals surface area contributed by atoms with E-state index in [9.17, 15) is 4.79 Å². The van der Waals surface area contributed by atoms with Gasteiger partial charge in [0.2, 0.25) is 0 Å². The number of nitrogens with one attached hydrogen (secondary N) is 2. The van der Waals surface area contributed by atoms with Gasteiger partial charge in [-0.2, -0.15) is 0 Å². The van der Waals surface area contributed by atoms with E-state index in [0.29, 0.717) is 18.8 Å². The molecule has 0 unspecified atom stereocenters. The van der Waals surface area contributed by atoms with Gasteiger partial charge in [-0.15, -0.1) is 0 Å². The van der Waals surface area contributed by atoms with Crippen molar-refractivity contribution >= 4 is 16.8 Å². The first-order valence-corrected chi connectivity index (χ1v) is 12.4. The molecule has 2 N–H and O–H groups in total. The smallest absolute Gasteiger partial charge is 0.267 e. The van der Waals surface area contributed by atoms with Crippen molar-refractivity contribution in [2.75, 3.05) is 20.7 Å². The highest BCUT2D eigenvalue weighted by molar-refractivity contribution is 5.98. The van der Waals surface area contributed by atoms with E-state index >= 15 is 0 Å². The van der Waals surface area contributed by atoms with Crippen molar-refractivity contribution in [1.82, 2.24) is 15.2 Å². The van der Waals surface area contributed by atoms with Crippen LogP contribution in [0.25, 0.3) is 22.0 Å². The number of nitrogens with zero attached hydrogens (tertiary/aromatic N) is 1. The first-order chi connectivity index (χ1) is 17.0. The summed E-state index contributed by atoms with van der Waals surface area (Å²) >= 11 is 0. The lowest BCUT2D eigenvalue weighted by Gasteiger charge is -2.13. The molecule has 5 heteroatoms. The number of carbonyl (C=O) groups is 1. The van der Waals surface area contributed by atoms with Gasteiger partial charge >= 0.3 is 0 Å². The van der Waals surface area contributed by atoms with Gasteiger partial charge < -0.3 is 19.9 Å². The van der Waals surface area contributed by atoms with Crippen LogP contribution in [0.4, 0.5) is 0 Å². The Morgan fingerprint density at radius 3 is 2.54 bits per heavy atom. The number of amides is 1. The molecule has 0 fully saturated rings. The minimum absolute atomic E-state index is 0.122. The summed E-state index contributed by atoms with van der Waals surface area (Å²) in [7, 11) is 4.14. The maximum absolute atomic E-state index is 12.9. The number of benzene rings is 3. The molecule has 3 aromatic carbocycles. The summed E-state index contributed by atoms with van der Waals surface area (Å²) < 4.78 is 5.85. The van der Waals surface area contributed by atoms with Crippen LogP contribution in [0, 0.1) is 0 Å². The topological polar surface area (TPSA) is 57.4 Å². The normalized spacial score (nSPS) is 11.2. The highest BCUT2D eigenvalue weighted by Crippen LogP contribution is 2.25. The molecule has 4 aromatic rings. The number of rotatable bonds is 11. The van der Waals surface area contributed by atoms with E-state index in [4.69, 9.17) is 4.74 Å². The Morgan fingerprint density at radius 2 is 1.77 bits per heavy atom. The van der Waals surface area contributed by atoms with Gasteiger partial charge in [-0.1, -0.05) is 68.3 Å². The molecule has 0 saturated carbocycles. The maximum Gasteiger partial charge on any atom is 0.267 e. The van der Waals surface area contributed by atoms with Crippen molar-refractivity contribution in [1.29, 1.82) is 0 Å². The summed E-state index contributed by atoms with van der Waals surface area (Å²) in [6.07, 6.45) is 3.39. The van der Waals surface area contributed by atoms with E-state index in [2.05, 4.69) is 72.6 Å². The molecule has 0 aliphatic heterocycles. The van der Waals surface area contributed by atoms with E-state index in [0.717, 1.165) is 46.3 Å². The Kier molecular flexibility index (Phi) is 8.22. The molecule has 0 bridgehead atoms. The number of aromatic nitrogens is 1. The molecule has 0 atom stereocenters. The van der Waals surface area contributed by atoms with Crippen molar-refractivity contribution in [2.24, 2.45) is 0 Å². The Bertz CT molecular complexity index is 1260. The molecule has 5 nitrogen and oxygen atoms in total. The highest BCUT2D eigenvalue weighted by Gasteiger charge is 2.12. The van der Waals surface area contributed by atoms with Gasteiger partial charge in [0.15, 0.2) is 0 Å². The number of unbranched alkanes of at least 4 members (excludes halogenated alkanes) is 2. The summed E-state index contributed by atoms with van der Waals surface area (Å²) in [6, 6.07) is 24.7. The fourth-order valence-electron chi connectivity index (χ4n) is 4.24. The lowest BCUT2D eigenvalue weighted by atomic mass is 9.98. The van der Waals surface area contributed by atoms with Crippen LogP contribution in [0.2, 0.25) is 0 Å². The van der Waals surface area contributed by atoms with Crippen molar-refractivity contribution in [2.45, 2.75) is 39.3 Å². The summed E-state index contributed by atoms with van der Waals surface area (Å²) in [4.78, 5) is 18.3. The summed E-state index contributed by atoms with van der Waals surface area (Å²) in [5.41, 5.74) is 6.09. The molecular weight excluding hydrogens is 434 g/mol. The van der Waals surface area contributed by atoms with Gasteiger partial charge in [0.05, 0.1) is 6.61 Å². The van der Waals surface area contributed by atoms with Crippen LogP contribution in [-0.2, 0) is 13.1 Å². The van der Waals surface area contributed by atoms with Gasteiger partial charge in [-0.25, -0.2) is 0 Å². The predicted molar refractivity (Wildman–Crippen MR) is 144 cm³/mol. The zero-order chi connectivity index (χ0) is 24.6.